The number of benzene rings is 8. The van der Waals surface area contributed by atoms with Gasteiger partial charge in [-0.15, -0.1) is 0 Å². The second-order valence-electron chi connectivity index (χ2n) is 16.0. The molecule has 0 spiro atoms. The van der Waals surface area contributed by atoms with Crippen molar-refractivity contribution in [1.29, 1.82) is 0 Å². The average Bonchev–Trinajstić information content (AvgIpc) is 3.55. The van der Waals surface area contributed by atoms with E-state index in [9.17, 15) is 0 Å². The van der Waals surface area contributed by atoms with E-state index in [2.05, 4.69) is 195 Å². The normalized spacial score (nSPS) is 12.7. The third kappa shape index (κ3) is 5.85. The van der Waals surface area contributed by atoms with Crippen LogP contribution in [0.2, 0.25) is 0 Å². The first-order valence-electron chi connectivity index (χ1n) is 20.3. The van der Waals surface area contributed by atoms with E-state index in [0.29, 0.717) is 5.82 Å². The van der Waals surface area contributed by atoms with E-state index in [0.717, 1.165) is 50.0 Å². The van der Waals surface area contributed by atoms with Crippen LogP contribution in [0, 0.1) is 0 Å². The van der Waals surface area contributed by atoms with E-state index in [1.165, 1.54) is 55.3 Å². The highest BCUT2D eigenvalue weighted by Gasteiger charge is 2.38. The van der Waals surface area contributed by atoms with Crippen LogP contribution in [-0.4, -0.2) is 15.0 Å². The number of pyridine rings is 1. The Labute approximate surface area is 344 Å². The molecule has 0 saturated carbocycles. The highest BCUT2D eigenvalue weighted by Crippen LogP contribution is 2.54. The van der Waals surface area contributed by atoms with Gasteiger partial charge >= 0.3 is 0 Å². The maximum atomic E-state index is 5.28. The van der Waals surface area contributed by atoms with Gasteiger partial charge in [-0.2, -0.15) is 0 Å². The molecule has 3 heteroatoms. The Kier molecular flexibility index (Phi) is 8.16. The van der Waals surface area contributed by atoms with Crippen LogP contribution in [0.5, 0.6) is 0 Å². The van der Waals surface area contributed by atoms with Gasteiger partial charge < -0.3 is 0 Å². The van der Waals surface area contributed by atoms with Crippen molar-refractivity contribution in [3.8, 4) is 78.4 Å². The summed E-state index contributed by atoms with van der Waals surface area (Å²) in [6.45, 7) is 4.75. The molecule has 10 aromatic rings. The summed E-state index contributed by atoms with van der Waals surface area (Å²) in [4.78, 5) is 14.9. The Morgan fingerprint density at radius 3 is 1.78 bits per heavy atom. The molecular formula is C56H39N3. The molecule has 0 amide bonds. The summed E-state index contributed by atoms with van der Waals surface area (Å²) in [5, 5.41) is 4.88. The summed E-state index contributed by atoms with van der Waals surface area (Å²) >= 11 is 0. The molecule has 2 heterocycles. The zero-order valence-corrected chi connectivity index (χ0v) is 32.9. The highest BCUT2D eigenvalue weighted by molar-refractivity contribution is 6.06. The molecule has 1 aliphatic carbocycles. The molecule has 59 heavy (non-hydrogen) atoms. The van der Waals surface area contributed by atoms with Crippen LogP contribution in [0.15, 0.2) is 200 Å². The minimum atomic E-state index is -0.127. The molecule has 11 rings (SSSR count). The highest BCUT2D eigenvalue weighted by atomic mass is 14.9. The summed E-state index contributed by atoms with van der Waals surface area (Å²) < 4.78 is 0. The number of fused-ring (bicyclic) bond motifs is 6. The molecule has 278 valence electrons. The standard InChI is InChI=1S/C56H39N3/c1-56(2)50-31-28-36-13-6-7-19-44(36)53(50)49-23-11-22-45(54(49)56)38-26-24-37(25-27-38)43-29-30-48(47-21-9-8-20-46(43)47)55-58-51(39-14-4-3-5-15-39)34-52(59-55)41-17-10-16-40(33-41)42-18-12-32-57-35-42/h3-35H,1-2H3. The molecular weight excluding hydrogens is 715 g/mol. The van der Waals surface area contributed by atoms with Gasteiger partial charge in [0.2, 0.25) is 0 Å². The maximum Gasteiger partial charge on any atom is 0.161 e. The van der Waals surface area contributed by atoms with Gasteiger partial charge in [-0.1, -0.05) is 178 Å². The SMILES string of the molecule is CC1(C)c2ccc3ccccc3c2-c2cccc(-c3ccc(-c4ccc(-c5nc(-c6ccccc6)cc(-c6cccc(-c7cccnc7)c6)n5)c5ccccc45)cc3)c21. The zero-order chi connectivity index (χ0) is 39.5. The number of rotatable bonds is 6. The lowest BCUT2D eigenvalue weighted by molar-refractivity contribution is 0.662. The fourth-order valence-corrected chi connectivity index (χ4v) is 9.33. The fraction of sp³-hybridized carbons (Fsp3) is 0.0536. The Balaban J connectivity index is 1.00. The molecule has 2 aromatic heterocycles. The molecule has 8 aromatic carbocycles. The van der Waals surface area contributed by atoms with Crippen LogP contribution in [-0.2, 0) is 5.41 Å². The summed E-state index contributed by atoms with van der Waals surface area (Å²) in [5.41, 5.74) is 17.2. The van der Waals surface area contributed by atoms with Gasteiger partial charge in [0.1, 0.15) is 0 Å². The smallest absolute Gasteiger partial charge is 0.161 e. The molecule has 0 unspecified atom stereocenters. The maximum absolute atomic E-state index is 5.28. The molecule has 0 aliphatic heterocycles. The summed E-state index contributed by atoms with van der Waals surface area (Å²) in [6, 6.07) is 67.5. The van der Waals surface area contributed by atoms with Crippen molar-refractivity contribution in [3.05, 3.63) is 212 Å². The summed E-state index contributed by atoms with van der Waals surface area (Å²) in [7, 11) is 0. The van der Waals surface area contributed by atoms with Crippen molar-refractivity contribution in [2.24, 2.45) is 0 Å². The zero-order valence-electron chi connectivity index (χ0n) is 32.9. The minimum Gasteiger partial charge on any atom is -0.264 e. The first kappa shape index (κ1) is 34.7. The monoisotopic (exact) mass is 753 g/mol. The van der Waals surface area contributed by atoms with Crippen molar-refractivity contribution < 1.29 is 0 Å². The Morgan fingerprint density at radius 1 is 0.390 bits per heavy atom. The Bertz CT molecular complexity index is 3220. The molecule has 0 fully saturated rings. The third-order valence-corrected chi connectivity index (χ3v) is 12.2. The topological polar surface area (TPSA) is 38.7 Å². The van der Waals surface area contributed by atoms with Gasteiger partial charge in [0, 0.05) is 40.1 Å². The van der Waals surface area contributed by atoms with E-state index in [1.807, 2.05) is 18.3 Å². The first-order valence-corrected chi connectivity index (χ1v) is 20.3. The minimum absolute atomic E-state index is 0.127. The van der Waals surface area contributed by atoms with Crippen molar-refractivity contribution in [1.82, 2.24) is 15.0 Å². The number of hydrogen-bond donors (Lipinski definition) is 0. The lowest BCUT2D eigenvalue weighted by Crippen LogP contribution is -2.16. The van der Waals surface area contributed by atoms with E-state index in [-0.39, 0.29) is 5.41 Å². The number of aromatic nitrogens is 3. The van der Waals surface area contributed by atoms with Gasteiger partial charge in [-0.25, -0.2) is 9.97 Å². The Hall–Kier alpha value is -7.49. The van der Waals surface area contributed by atoms with Crippen LogP contribution >= 0.6 is 0 Å². The second-order valence-corrected chi connectivity index (χ2v) is 16.0. The van der Waals surface area contributed by atoms with Gasteiger partial charge in [-0.05, 0) is 95.9 Å². The van der Waals surface area contributed by atoms with Crippen molar-refractivity contribution in [3.63, 3.8) is 0 Å². The summed E-state index contributed by atoms with van der Waals surface area (Å²) in [6.07, 6.45) is 3.70. The van der Waals surface area contributed by atoms with Gasteiger partial charge in [0.15, 0.2) is 5.82 Å². The van der Waals surface area contributed by atoms with Gasteiger partial charge in [0.25, 0.3) is 0 Å². The lowest BCUT2D eigenvalue weighted by atomic mass is 9.78. The van der Waals surface area contributed by atoms with E-state index < -0.39 is 0 Å². The molecule has 3 nitrogen and oxygen atoms in total. The van der Waals surface area contributed by atoms with E-state index in [1.54, 1.807) is 6.20 Å². The van der Waals surface area contributed by atoms with E-state index >= 15 is 0 Å². The second kappa shape index (κ2) is 13.9. The predicted molar refractivity (Wildman–Crippen MR) is 245 cm³/mol. The average molecular weight is 754 g/mol. The predicted octanol–water partition coefficient (Wildman–Crippen LogP) is 14.5. The molecule has 0 N–H and O–H groups in total. The molecule has 1 aliphatic rings. The van der Waals surface area contributed by atoms with Crippen LogP contribution in [0.25, 0.3) is 100.0 Å². The quantitative estimate of drug-likeness (QED) is 0.170. The fourth-order valence-electron chi connectivity index (χ4n) is 9.33. The van der Waals surface area contributed by atoms with E-state index in [4.69, 9.17) is 9.97 Å². The number of nitrogens with zero attached hydrogens (tertiary/aromatic N) is 3. The van der Waals surface area contributed by atoms with Crippen LogP contribution in [0.3, 0.4) is 0 Å². The number of hydrogen-bond acceptors (Lipinski definition) is 3. The lowest BCUT2D eigenvalue weighted by Gasteiger charge is -2.24. The molecule has 0 atom stereocenters. The first-order chi connectivity index (χ1) is 29.0. The molecule has 0 saturated heterocycles. The van der Waals surface area contributed by atoms with Crippen molar-refractivity contribution in [2.45, 2.75) is 19.3 Å². The van der Waals surface area contributed by atoms with Gasteiger partial charge in [-0.3, -0.25) is 4.98 Å². The third-order valence-electron chi connectivity index (χ3n) is 12.2. The van der Waals surface area contributed by atoms with Crippen molar-refractivity contribution >= 4 is 21.5 Å². The largest absolute Gasteiger partial charge is 0.264 e. The Morgan fingerprint density at radius 2 is 1.00 bits per heavy atom. The molecule has 0 radical (unpaired) electrons. The van der Waals surface area contributed by atoms with Crippen molar-refractivity contribution in [2.75, 3.05) is 0 Å². The summed E-state index contributed by atoms with van der Waals surface area (Å²) in [5.74, 6) is 0.695. The van der Waals surface area contributed by atoms with Crippen LogP contribution in [0.1, 0.15) is 25.0 Å². The van der Waals surface area contributed by atoms with Crippen LogP contribution in [0.4, 0.5) is 0 Å². The van der Waals surface area contributed by atoms with Gasteiger partial charge in [0.05, 0.1) is 11.4 Å². The van der Waals surface area contributed by atoms with Crippen LogP contribution < -0.4 is 0 Å². The molecule has 0 bridgehead atoms.